The first-order chi connectivity index (χ1) is 8.69. The van der Waals surface area contributed by atoms with Crippen LogP contribution in [0.25, 0.3) is 5.57 Å². The maximum atomic E-state index is 11.8. The predicted octanol–water partition coefficient (Wildman–Crippen LogP) is 2.20. The molecule has 0 spiro atoms. The fourth-order valence-electron chi connectivity index (χ4n) is 1.39. The van der Waals surface area contributed by atoms with Gasteiger partial charge in [-0.15, -0.1) is 0 Å². The molecule has 0 aliphatic rings. The second kappa shape index (κ2) is 7.27. The van der Waals surface area contributed by atoms with E-state index < -0.39 is 11.9 Å². The van der Waals surface area contributed by atoms with Gasteiger partial charge in [-0.1, -0.05) is 30.3 Å². The molecule has 0 radical (unpaired) electrons. The quantitative estimate of drug-likeness (QED) is 0.592. The molecule has 18 heavy (non-hydrogen) atoms. The number of esters is 2. The third-order valence-corrected chi connectivity index (χ3v) is 2.13. The van der Waals surface area contributed by atoms with Crippen molar-refractivity contribution in [3.8, 4) is 0 Å². The van der Waals surface area contributed by atoms with Gasteiger partial charge >= 0.3 is 11.9 Å². The van der Waals surface area contributed by atoms with Crippen LogP contribution in [0.3, 0.4) is 0 Å². The zero-order valence-corrected chi connectivity index (χ0v) is 10.5. The second-order valence-electron chi connectivity index (χ2n) is 3.40. The first-order valence-corrected chi connectivity index (χ1v) is 5.80. The molecule has 0 unspecified atom stereocenters. The SMILES string of the molecule is CCOC(=O)/C=C(/C(=O)OCC)c1ccccc1. The molecule has 0 atom stereocenters. The average Bonchev–Trinajstić information content (AvgIpc) is 2.37. The first kappa shape index (κ1) is 14.0. The molecule has 0 bridgehead atoms. The van der Waals surface area contributed by atoms with Crippen LogP contribution >= 0.6 is 0 Å². The lowest BCUT2D eigenvalue weighted by Gasteiger charge is -2.07. The molecule has 4 heteroatoms. The van der Waals surface area contributed by atoms with Crippen molar-refractivity contribution in [2.75, 3.05) is 13.2 Å². The Morgan fingerprint density at radius 1 is 1.06 bits per heavy atom. The maximum absolute atomic E-state index is 11.8. The van der Waals surface area contributed by atoms with Crippen LogP contribution in [0.4, 0.5) is 0 Å². The zero-order chi connectivity index (χ0) is 13.4. The minimum Gasteiger partial charge on any atom is -0.463 e. The van der Waals surface area contributed by atoms with E-state index in [2.05, 4.69) is 0 Å². The van der Waals surface area contributed by atoms with E-state index in [-0.39, 0.29) is 18.8 Å². The normalized spacial score (nSPS) is 10.9. The fourth-order valence-corrected chi connectivity index (χ4v) is 1.39. The largest absolute Gasteiger partial charge is 0.463 e. The molecule has 0 N–H and O–H groups in total. The van der Waals surface area contributed by atoms with Crippen molar-refractivity contribution in [1.82, 2.24) is 0 Å². The summed E-state index contributed by atoms with van der Waals surface area (Å²) < 4.78 is 9.72. The molecule has 1 aromatic carbocycles. The molecule has 96 valence electrons. The smallest absolute Gasteiger partial charge is 0.338 e. The highest BCUT2D eigenvalue weighted by Gasteiger charge is 2.15. The van der Waals surface area contributed by atoms with Crippen molar-refractivity contribution in [3.05, 3.63) is 42.0 Å². The van der Waals surface area contributed by atoms with Gasteiger partial charge in [0, 0.05) is 6.08 Å². The third-order valence-electron chi connectivity index (χ3n) is 2.13. The Morgan fingerprint density at radius 3 is 2.22 bits per heavy atom. The van der Waals surface area contributed by atoms with Crippen LogP contribution in [0.15, 0.2) is 36.4 Å². The van der Waals surface area contributed by atoms with Gasteiger partial charge in [-0.25, -0.2) is 9.59 Å². The summed E-state index contributed by atoms with van der Waals surface area (Å²) >= 11 is 0. The van der Waals surface area contributed by atoms with Crippen molar-refractivity contribution in [2.45, 2.75) is 13.8 Å². The van der Waals surface area contributed by atoms with E-state index in [1.54, 1.807) is 38.1 Å². The first-order valence-electron chi connectivity index (χ1n) is 5.80. The van der Waals surface area contributed by atoms with E-state index in [1.807, 2.05) is 6.07 Å². The highest BCUT2D eigenvalue weighted by Crippen LogP contribution is 2.16. The zero-order valence-electron chi connectivity index (χ0n) is 10.5. The topological polar surface area (TPSA) is 52.6 Å². The number of rotatable bonds is 5. The van der Waals surface area contributed by atoms with Gasteiger partial charge in [0.15, 0.2) is 0 Å². The Morgan fingerprint density at radius 2 is 1.67 bits per heavy atom. The number of carbonyl (C=O) groups is 2. The van der Waals surface area contributed by atoms with E-state index in [1.165, 1.54) is 0 Å². The Balaban J connectivity index is 3.03. The van der Waals surface area contributed by atoms with E-state index >= 15 is 0 Å². The standard InChI is InChI=1S/C14H16O4/c1-3-17-13(15)10-12(14(16)18-4-2)11-8-6-5-7-9-11/h5-10H,3-4H2,1-2H3/b12-10+. The molecule has 0 aliphatic heterocycles. The summed E-state index contributed by atoms with van der Waals surface area (Å²) in [5.74, 6) is -1.08. The van der Waals surface area contributed by atoms with Crippen LogP contribution in [-0.2, 0) is 19.1 Å². The summed E-state index contributed by atoms with van der Waals surface area (Å²) in [6.07, 6.45) is 1.16. The summed E-state index contributed by atoms with van der Waals surface area (Å²) in [6.45, 7) is 3.94. The van der Waals surface area contributed by atoms with Gasteiger partial charge in [0.2, 0.25) is 0 Å². The van der Waals surface area contributed by atoms with Crippen LogP contribution in [0.5, 0.6) is 0 Å². The molecule has 4 nitrogen and oxygen atoms in total. The van der Waals surface area contributed by atoms with Gasteiger partial charge in [0.1, 0.15) is 0 Å². The van der Waals surface area contributed by atoms with E-state index in [0.29, 0.717) is 5.56 Å². The summed E-state index contributed by atoms with van der Waals surface area (Å²) in [5, 5.41) is 0. The highest BCUT2D eigenvalue weighted by molar-refractivity contribution is 6.20. The molecular formula is C14H16O4. The molecule has 1 rings (SSSR count). The summed E-state index contributed by atoms with van der Waals surface area (Å²) in [7, 11) is 0. The Kier molecular flexibility index (Phi) is 5.64. The van der Waals surface area contributed by atoms with Crippen LogP contribution in [0.1, 0.15) is 19.4 Å². The molecule has 0 heterocycles. The minimum atomic E-state index is -0.551. The monoisotopic (exact) mass is 248 g/mol. The molecule has 0 saturated heterocycles. The number of carbonyl (C=O) groups excluding carboxylic acids is 2. The number of benzene rings is 1. The lowest BCUT2D eigenvalue weighted by molar-refractivity contribution is -0.139. The molecule has 0 saturated carbocycles. The van der Waals surface area contributed by atoms with Gasteiger partial charge in [0.05, 0.1) is 18.8 Å². The molecule has 0 fully saturated rings. The number of hydrogen-bond donors (Lipinski definition) is 0. The Bertz CT molecular complexity index is 434. The van der Waals surface area contributed by atoms with Crippen LogP contribution < -0.4 is 0 Å². The van der Waals surface area contributed by atoms with E-state index in [0.717, 1.165) is 6.08 Å². The van der Waals surface area contributed by atoms with Crippen LogP contribution in [0, 0.1) is 0 Å². The van der Waals surface area contributed by atoms with Crippen LogP contribution in [0.2, 0.25) is 0 Å². The lowest BCUT2D eigenvalue weighted by Crippen LogP contribution is -2.10. The molecule has 1 aromatic rings. The molecule has 0 aromatic heterocycles. The Hall–Kier alpha value is -2.10. The van der Waals surface area contributed by atoms with Gasteiger partial charge in [0.25, 0.3) is 0 Å². The molecular weight excluding hydrogens is 232 g/mol. The van der Waals surface area contributed by atoms with Gasteiger partial charge in [-0.2, -0.15) is 0 Å². The second-order valence-corrected chi connectivity index (χ2v) is 3.40. The summed E-state index contributed by atoms with van der Waals surface area (Å²) in [4.78, 5) is 23.2. The van der Waals surface area contributed by atoms with Crippen molar-refractivity contribution >= 4 is 17.5 Å². The molecule has 0 amide bonds. The average molecular weight is 248 g/mol. The number of ether oxygens (including phenoxy) is 2. The van der Waals surface area contributed by atoms with Crippen molar-refractivity contribution in [3.63, 3.8) is 0 Å². The van der Waals surface area contributed by atoms with Gasteiger partial charge in [-0.3, -0.25) is 0 Å². The van der Waals surface area contributed by atoms with Crippen molar-refractivity contribution in [2.24, 2.45) is 0 Å². The van der Waals surface area contributed by atoms with Crippen LogP contribution in [-0.4, -0.2) is 25.2 Å². The highest BCUT2D eigenvalue weighted by atomic mass is 16.5. The third kappa shape index (κ3) is 4.05. The lowest BCUT2D eigenvalue weighted by atomic mass is 10.1. The fraction of sp³-hybridized carbons (Fsp3) is 0.286. The number of hydrogen-bond acceptors (Lipinski definition) is 4. The van der Waals surface area contributed by atoms with Crippen molar-refractivity contribution < 1.29 is 19.1 Å². The predicted molar refractivity (Wildman–Crippen MR) is 67.7 cm³/mol. The van der Waals surface area contributed by atoms with E-state index in [9.17, 15) is 9.59 Å². The van der Waals surface area contributed by atoms with Gasteiger partial charge < -0.3 is 9.47 Å². The maximum Gasteiger partial charge on any atom is 0.338 e. The van der Waals surface area contributed by atoms with Crippen molar-refractivity contribution in [1.29, 1.82) is 0 Å². The summed E-state index contributed by atoms with van der Waals surface area (Å²) in [5.41, 5.74) is 0.833. The Labute approximate surface area is 106 Å². The van der Waals surface area contributed by atoms with Gasteiger partial charge in [-0.05, 0) is 19.4 Å². The van der Waals surface area contributed by atoms with E-state index in [4.69, 9.17) is 9.47 Å². The molecule has 0 aliphatic carbocycles. The minimum absolute atomic E-state index is 0.205. The summed E-state index contributed by atoms with van der Waals surface area (Å²) in [6, 6.07) is 8.88.